The van der Waals surface area contributed by atoms with E-state index in [0.717, 1.165) is 84.9 Å². The summed E-state index contributed by atoms with van der Waals surface area (Å²) in [6.45, 7) is 0.848. The maximum Gasteiger partial charge on any atom is 0.417 e. The first-order valence-electron chi connectivity index (χ1n) is 24.2. The summed E-state index contributed by atoms with van der Waals surface area (Å²) in [5.74, 6) is -0.247. The first-order valence-corrected chi connectivity index (χ1v) is 24.2. The van der Waals surface area contributed by atoms with Crippen molar-refractivity contribution in [3.05, 3.63) is 198 Å². The first-order chi connectivity index (χ1) is 36.5. The molecular weight excluding hydrogens is 1020 g/mol. The van der Waals surface area contributed by atoms with E-state index in [-0.39, 0.29) is 51.1 Å². The SMILES string of the molecule is O=C1CCCN1c1cc(-c2ccc(N(c3cc(-c4ccccc4C(F)(F)F)cc(-c4ccccc4C(F)(F)F)c3)c3cc(-c4ccccc4C(F)(F)F)cc(-c4ccccc4C(F)(F)F)c3)cc2)cc(N2CCCC2=O)c1. The zero-order valence-corrected chi connectivity index (χ0v) is 40.2. The molecule has 8 aromatic rings. The highest BCUT2D eigenvalue weighted by Gasteiger charge is 2.38. The lowest BCUT2D eigenvalue weighted by Crippen LogP contribution is -2.26. The molecule has 0 N–H and O–H groups in total. The summed E-state index contributed by atoms with van der Waals surface area (Å²) in [6.07, 6.45) is -18.1. The normalized spacial score (nSPS) is 14.4. The van der Waals surface area contributed by atoms with Crippen molar-refractivity contribution in [1.29, 1.82) is 0 Å². The summed E-state index contributed by atoms with van der Waals surface area (Å²) in [5.41, 5.74) is -5.36. The molecule has 0 spiro atoms. The third-order valence-corrected chi connectivity index (χ3v) is 13.7. The molecule has 392 valence electrons. The van der Waals surface area contributed by atoms with Gasteiger partial charge in [0.05, 0.1) is 22.3 Å². The van der Waals surface area contributed by atoms with Gasteiger partial charge in [-0.05, 0) is 159 Å². The number of nitrogens with zero attached hydrogens (tertiary/aromatic N) is 3. The first kappa shape index (κ1) is 52.1. The Kier molecular flexibility index (Phi) is 13.5. The second-order valence-corrected chi connectivity index (χ2v) is 18.6. The van der Waals surface area contributed by atoms with Gasteiger partial charge in [-0.2, -0.15) is 52.7 Å². The molecule has 2 heterocycles. The summed E-state index contributed by atoms with van der Waals surface area (Å²) in [4.78, 5) is 30.7. The molecule has 5 nitrogen and oxygen atoms in total. The highest BCUT2D eigenvalue weighted by molar-refractivity contribution is 6.00. The molecule has 10 rings (SSSR count). The van der Waals surface area contributed by atoms with Crippen LogP contribution in [0.25, 0.3) is 55.6 Å². The molecule has 2 amide bonds. The van der Waals surface area contributed by atoms with Crippen LogP contribution in [0.4, 0.5) is 81.1 Å². The van der Waals surface area contributed by atoms with Gasteiger partial charge in [0.1, 0.15) is 0 Å². The molecule has 0 saturated carbocycles. The van der Waals surface area contributed by atoms with Crippen molar-refractivity contribution in [2.45, 2.75) is 50.4 Å². The van der Waals surface area contributed by atoms with Gasteiger partial charge in [-0.15, -0.1) is 0 Å². The molecule has 2 aliphatic heterocycles. The van der Waals surface area contributed by atoms with Crippen molar-refractivity contribution in [2.24, 2.45) is 0 Å². The number of benzene rings is 8. The molecule has 8 aromatic carbocycles. The van der Waals surface area contributed by atoms with Crippen LogP contribution in [0.2, 0.25) is 0 Å². The molecule has 0 aliphatic carbocycles. The highest BCUT2D eigenvalue weighted by atomic mass is 19.4. The van der Waals surface area contributed by atoms with E-state index in [1.165, 1.54) is 65.6 Å². The highest BCUT2D eigenvalue weighted by Crippen LogP contribution is 2.49. The molecule has 2 fully saturated rings. The zero-order chi connectivity index (χ0) is 54.6. The van der Waals surface area contributed by atoms with E-state index < -0.39 is 69.2 Å². The van der Waals surface area contributed by atoms with Crippen LogP contribution in [-0.2, 0) is 34.3 Å². The second-order valence-electron chi connectivity index (χ2n) is 18.6. The maximum atomic E-state index is 14.9. The average Bonchev–Trinajstić information content (AvgIpc) is 4.08. The van der Waals surface area contributed by atoms with Gasteiger partial charge in [-0.25, -0.2) is 0 Å². The Morgan fingerprint density at radius 3 is 0.922 bits per heavy atom. The molecule has 2 saturated heterocycles. The summed E-state index contributed by atoms with van der Waals surface area (Å²) in [7, 11) is 0. The molecule has 0 unspecified atom stereocenters. The number of alkyl halides is 12. The molecule has 17 heteroatoms. The number of anilines is 5. The minimum absolute atomic E-state index is 0.113. The number of hydrogen-bond donors (Lipinski definition) is 0. The minimum Gasteiger partial charge on any atom is -0.312 e. The van der Waals surface area contributed by atoms with Crippen LogP contribution in [0.3, 0.4) is 0 Å². The van der Waals surface area contributed by atoms with Crippen LogP contribution in [0, 0.1) is 0 Å². The number of carbonyl (C=O) groups is 2. The minimum atomic E-state index is -4.98. The predicted octanol–water partition coefficient (Wildman–Crippen LogP) is 17.8. The van der Waals surface area contributed by atoms with Crippen molar-refractivity contribution < 1.29 is 62.3 Å². The summed E-state index contributed by atoms with van der Waals surface area (Å²) in [5, 5.41) is 0. The van der Waals surface area contributed by atoms with Crippen LogP contribution < -0.4 is 14.7 Å². The number of hydrogen-bond acceptors (Lipinski definition) is 3. The molecule has 0 aromatic heterocycles. The number of halogens is 12. The zero-order valence-electron chi connectivity index (χ0n) is 40.2. The van der Waals surface area contributed by atoms with Crippen molar-refractivity contribution >= 4 is 40.3 Å². The van der Waals surface area contributed by atoms with Crippen LogP contribution >= 0.6 is 0 Å². The maximum absolute atomic E-state index is 14.9. The van der Waals surface area contributed by atoms with Gasteiger partial charge >= 0.3 is 24.7 Å². The fourth-order valence-corrected chi connectivity index (χ4v) is 10.2. The molecule has 0 bridgehead atoms. The monoisotopic (exact) mass is 1060 g/mol. The van der Waals surface area contributed by atoms with Crippen LogP contribution in [-0.4, -0.2) is 24.9 Å². The van der Waals surface area contributed by atoms with E-state index >= 15 is 0 Å². The third-order valence-electron chi connectivity index (χ3n) is 13.7. The third kappa shape index (κ3) is 10.6. The van der Waals surface area contributed by atoms with Gasteiger partial charge in [-0.3, -0.25) is 9.59 Å². The van der Waals surface area contributed by atoms with E-state index in [2.05, 4.69) is 0 Å². The van der Waals surface area contributed by atoms with Gasteiger partial charge in [0.2, 0.25) is 11.8 Å². The van der Waals surface area contributed by atoms with Crippen molar-refractivity contribution in [1.82, 2.24) is 0 Å². The number of carbonyl (C=O) groups excluding carboxylic acids is 2. The molecular formula is C60H41F12N3O2. The quantitative estimate of drug-likeness (QED) is 0.128. The van der Waals surface area contributed by atoms with Crippen molar-refractivity contribution in [2.75, 3.05) is 27.8 Å². The van der Waals surface area contributed by atoms with E-state index in [9.17, 15) is 62.3 Å². The van der Waals surface area contributed by atoms with Crippen LogP contribution in [0.15, 0.2) is 176 Å². The Bertz CT molecular complexity index is 3210. The van der Waals surface area contributed by atoms with E-state index in [1.54, 1.807) is 40.1 Å². The summed E-state index contributed by atoms with van der Waals surface area (Å²) in [6, 6.07) is 36.4. The fourth-order valence-electron chi connectivity index (χ4n) is 10.2. The van der Waals surface area contributed by atoms with E-state index in [4.69, 9.17) is 0 Å². The van der Waals surface area contributed by atoms with Gasteiger partial charge in [0, 0.05) is 54.4 Å². The lowest BCUT2D eigenvalue weighted by atomic mass is 9.91. The van der Waals surface area contributed by atoms with E-state index in [0.29, 0.717) is 61.3 Å². The largest absolute Gasteiger partial charge is 0.417 e. The van der Waals surface area contributed by atoms with Crippen molar-refractivity contribution in [3.63, 3.8) is 0 Å². The molecule has 0 radical (unpaired) electrons. The van der Waals surface area contributed by atoms with Gasteiger partial charge in [0.25, 0.3) is 0 Å². The fraction of sp³-hybridized carbons (Fsp3) is 0.167. The van der Waals surface area contributed by atoms with Crippen molar-refractivity contribution in [3.8, 4) is 55.6 Å². The molecule has 2 aliphatic rings. The lowest BCUT2D eigenvalue weighted by molar-refractivity contribution is -0.137. The topological polar surface area (TPSA) is 43.9 Å². The Hall–Kier alpha value is -8.34. The predicted molar refractivity (Wildman–Crippen MR) is 271 cm³/mol. The van der Waals surface area contributed by atoms with Gasteiger partial charge < -0.3 is 14.7 Å². The van der Waals surface area contributed by atoms with E-state index in [1.807, 2.05) is 0 Å². The smallest absolute Gasteiger partial charge is 0.312 e. The number of rotatable bonds is 10. The average molecular weight is 1060 g/mol. The molecule has 0 atom stereocenters. The Morgan fingerprint density at radius 1 is 0.325 bits per heavy atom. The lowest BCUT2D eigenvalue weighted by Gasteiger charge is -2.29. The standard InChI is InChI=1S/C60H41F12N3O2/c61-57(62,63)51-15-5-1-11-47(51)38-27-39(48-12-2-6-16-52(48)58(64,65)66)32-45(31-38)75(42-23-21-36(22-24-42)37-29-43(73-25-9-19-55(73)76)35-44(30-37)74-26-10-20-56(74)77)46-33-40(49-13-3-7-17-53(49)59(67,68)69)28-41(34-46)50-14-4-8-18-54(50)60(70,71)72/h1-8,11-18,21-24,27-35H,9-10,19-20,25-26H2. The van der Waals surface area contributed by atoms with Gasteiger partial charge in [0.15, 0.2) is 0 Å². The Labute approximate surface area is 433 Å². The van der Waals surface area contributed by atoms with Crippen LogP contribution in [0.1, 0.15) is 47.9 Å². The number of amides is 2. The molecule has 77 heavy (non-hydrogen) atoms. The Balaban J connectivity index is 1.27. The second kappa shape index (κ2) is 20.0. The van der Waals surface area contributed by atoms with Gasteiger partial charge in [-0.1, -0.05) is 84.9 Å². The Morgan fingerprint density at radius 2 is 0.636 bits per heavy atom. The summed E-state index contributed by atoms with van der Waals surface area (Å²) < 4.78 is 179. The van der Waals surface area contributed by atoms with Crippen LogP contribution in [0.5, 0.6) is 0 Å². The summed E-state index contributed by atoms with van der Waals surface area (Å²) >= 11 is 0.